The van der Waals surface area contributed by atoms with Gasteiger partial charge in [-0.25, -0.2) is 8.78 Å². The summed E-state index contributed by atoms with van der Waals surface area (Å²) in [6.07, 6.45) is 3.52. The first-order valence-corrected chi connectivity index (χ1v) is 11.0. The summed E-state index contributed by atoms with van der Waals surface area (Å²) in [4.78, 5) is 0. The van der Waals surface area contributed by atoms with Crippen LogP contribution in [0.15, 0.2) is 29.8 Å². The van der Waals surface area contributed by atoms with Crippen molar-refractivity contribution >= 4 is 0 Å². The van der Waals surface area contributed by atoms with Crippen LogP contribution < -0.4 is 26.8 Å². The molecule has 0 spiro atoms. The third-order valence-electron chi connectivity index (χ3n) is 7.29. The van der Waals surface area contributed by atoms with Crippen LogP contribution in [-0.4, -0.2) is 49.5 Å². The van der Waals surface area contributed by atoms with Gasteiger partial charge in [0.25, 0.3) is 0 Å². The first-order valence-electron chi connectivity index (χ1n) is 11.0. The van der Waals surface area contributed by atoms with Gasteiger partial charge in [-0.1, -0.05) is 17.7 Å². The summed E-state index contributed by atoms with van der Waals surface area (Å²) in [6, 6.07) is 4.91. The van der Waals surface area contributed by atoms with Crippen LogP contribution in [0.3, 0.4) is 0 Å². The maximum absolute atomic E-state index is 14.6. The summed E-state index contributed by atoms with van der Waals surface area (Å²) in [6.45, 7) is 5.71. The Labute approximate surface area is 176 Å². The van der Waals surface area contributed by atoms with Crippen molar-refractivity contribution in [2.75, 3.05) is 13.2 Å². The number of ether oxygens (including phenoxy) is 1. The summed E-state index contributed by atoms with van der Waals surface area (Å²) < 4.78 is 34.8. The van der Waals surface area contributed by atoms with Crippen molar-refractivity contribution in [3.05, 3.63) is 47.0 Å². The third kappa shape index (κ3) is 3.59. The third-order valence-corrected chi connectivity index (χ3v) is 7.29. The first kappa shape index (κ1) is 20.5. The van der Waals surface area contributed by atoms with Crippen LogP contribution in [0.25, 0.3) is 0 Å². The van der Waals surface area contributed by atoms with Crippen molar-refractivity contribution in [2.24, 2.45) is 5.92 Å². The highest BCUT2D eigenvalue weighted by molar-refractivity contribution is 5.26. The number of hydrazine groups is 1. The Kier molecular flexibility index (Phi) is 5.64. The van der Waals surface area contributed by atoms with E-state index in [2.05, 4.69) is 46.7 Å². The SMILES string of the molecule is CC1NC(C2=CCOCC2)CC2C1NC(c1c(F)cccc1F)NC1C(C)NNC21. The number of piperidine rings is 1. The zero-order valence-corrected chi connectivity index (χ0v) is 17.4. The second-order valence-corrected chi connectivity index (χ2v) is 9.07. The smallest absolute Gasteiger partial charge is 0.132 e. The minimum atomic E-state index is -0.596. The van der Waals surface area contributed by atoms with E-state index in [4.69, 9.17) is 4.74 Å². The maximum atomic E-state index is 14.6. The van der Waals surface area contributed by atoms with Gasteiger partial charge in [-0.2, -0.15) is 0 Å². The van der Waals surface area contributed by atoms with Crippen LogP contribution >= 0.6 is 0 Å². The van der Waals surface area contributed by atoms with Crippen LogP contribution in [0.5, 0.6) is 0 Å². The Hall–Kier alpha value is -1.42. The lowest BCUT2D eigenvalue weighted by atomic mass is 9.75. The van der Waals surface area contributed by atoms with Crippen molar-refractivity contribution < 1.29 is 13.5 Å². The molecule has 4 heterocycles. The second kappa shape index (κ2) is 8.26. The van der Waals surface area contributed by atoms with Gasteiger partial charge in [0.1, 0.15) is 11.6 Å². The van der Waals surface area contributed by atoms with E-state index in [0.717, 1.165) is 19.4 Å². The number of benzene rings is 1. The normalized spacial score (nSPS) is 41.5. The predicted molar refractivity (Wildman–Crippen MR) is 110 cm³/mol. The van der Waals surface area contributed by atoms with Crippen LogP contribution in [-0.2, 0) is 4.74 Å². The van der Waals surface area contributed by atoms with E-state index >= 15 is 0 Å². The molecule has 0 radical (unpaired) electrons. The fraction of sp³-hybridized carbons (Fsp3) is 0.636. The summed E-state index contributed by atoms with van der Waals surface area (Å²) >= 11 is 0. The van der Waals surface area contributed by atoms with Crippen molar-refractivity contribution in [3.8, 4) is 0 Å². The number of halogens is 2. The molecule has 8 unspecified atom stereocenters. The fourth-order valence-electron chi connectivity index (χ4n) is 5.76. The van der Waals surface area contributed by atoms with Gasteiger partial charge in [0.05, 0.1) is 24.9 Å². The van der Waals surface area contributed by atoms with Gasteiger partial charge in [0.2, 0.25) is 0 Å². The van der Waals surface area contributed by atoms with Crippen molar-refractivity contribution in [2.45, 2.75) is 69.1 Å². The lowest BCUT2D eigenvalue weighted by molar-refractivity contribution is 0.135. The van der Waals surface area contributed by atoms with Gasteiger partial charge in [-0.3, -0.25) is 21.5 Å². The Balaban J connectivity index is 1.48. The molecule has 0 bridgehead atoms. The van der Waals surface area contributed by atoms with E-state index < -0.39 is 17.8 Å². The topological polar surface area (TPSA) is 69.4 Å². The Morgan fingerprint density at radius 2 is 1.70 bits per heavy atom. The highest BCUT2D eigenvalue weighted by Gasteiger charge is 2.50. The Bertz CT molecular complexity index is 800. The molecule has 4 aliphatic rings. The van der Waals surface area contributed by atoms with Crippen molar-refractivity contribution in [3.63, 3.8) is 0 Å². The molecule has 3 saturated heterocycles. The zero-order chi connectivity index (χ0) is 20.8. The second-order valence-electron chi connectivity index (χ2n) is 9.07. The minimum absolute atomic E-state index is 0.0473. The summed E-state index contributed by atoms with van der Waals surface area (Å²) in [5.74, 6) is -0.753. The van der Waals surface area contributed by atoms with Crippen molar-refractivity contribution in [1.29, 1.82) is 0 Å². The van der Waals surface area contributed by atoms with E-state index in [0.29, 0.717) is 18.6 Å². The molecule has 4 aliphatic heterocycles. The van der Waals surface area contributed by atoms with Crippen LogP contribution in [0.2, 0.25) is 0 Å². The molecule has 5 N–H and O–H groups in total. The molecule has 8 heteroatoms. The van der Waals surface area contributed by atoms with Crippen molar-refractivity contribution in [1.82, 2.24) is 26.8 Å². The Morgan fingerprint density at radius 1 is 0.933 bits per heavy atom. The van der Waals surface area contributed by atoms with Gasteiger partial charge < -0.3 is 10.1 Å². The molecule has 3 fully saturated rings. The highest BCUT2D eigenvalue weighted by Crippen LogP contribution is 2.36. The van der Waals surface area contributed by atoms with Gasteiger partial charge in [0, 0.05) is 36.3 Å². The Morgan fingerprint density at radius 3 is 2.43 bits per heavy atom. The monoisotopic (exact) mass is 419 g/mol. The molecule has 8 atom stereocenters. The van der Waals surface area contributed by atoms with Gasteiger partial charge in [-0.05, 0) is 44.7 Å². The quantitative estimate of drug-likeness (QED) is 0.468. The van der Waals surface area contributed by atoms with E-state index in [-0.39, 0.29) is 35.8 Å². The number of fused-ring (bicyclic) bond motifs is 3. The number of hydrogen-bond donors (Lipinski definition) is 5. The molecule has 0 aliphatic carbocycles. The first-order chi connectivity index (χ1) is 14.5. The zero-order valence-electron chi connectivity index (χ0n) is 17.4. The summed E-state index contributed by atoms with van der Waals surface area (Å²) in [7, 11) is 0. The summed E-state index contributed by atoms with van der Waals surface area (Å²) in [5.41, 5.74) is 8.31. The molecule has 1 aromatic rings. The molecular weight excluding hydrogens is 388 g/mol. The molecule has 5 rings (SSSR count). The molecule has 0 saturated carbocycles. The predicted octanol–water partition coefficient (Wildman–Crippen LogP) is 1.47. The molecule has 6 nitrogen and oxygen atoms in total. The average Bonchev–Trinajstić information content (AvgIpc) is 3.00. The molecular formula is C22H31F2N5O. The number of rotatable bonds is 2. The standard InChI is InChI=1S/C22H31F2N5O/c1-11-19-14(10-17(25-11)13-6-8-30-9-7-13)21-20(12(2)28-29-21)27-22(26-19)18-15(23)4-3-5-16(18)24/h3-6,11-12,14,17,19-22,25-29H,7-10H2,1-2H3. The minimum Gasteiger partial charge on any atom is -0.377 e. The summed E-state index contributed by atoms with van der Waals surface area (Å²) in [5, 5.41) is 10.8. The van der Waals surface area contributed by atoms with Gasteiger partial charge in [-0.15, -0.1) is 0 Å². The van der Waals surface area contributed by atoms with Crippen LogP contribution in [0.1, 0.15) is 38.4 Å². The lowest BCUT2D eigenvalue weighted by Gasteiger charge is -2.45. The molecule has 0 aromatic heterocycles. The highest BCUT2D eigenvalue weighted by atomic mass is 19.1. The molecule has 0 amide bonds. The van der Waals surface area contributed by atoms with E-state index in [1.165, 1.54) is 23.8 Å². The number of nitrogens with one attached hydrogen (secondary N) is 5. The van der Waals surface area contributed by atoms with E-state index in [1.54, 1.807) is 0 Å². The number of hydrogen-bond acceptors (Lipinski definition) is 6. The lowest BCUT2D eigenvalue weighted by Crippen LogP contribution is -2.63. The van der Waals surface area contributed by atoms with Crippen LogP contribution in [0.4, 0.5) is 8.78 Å². The molecule has 30 heavy (non-hydrogen) atoms. The van der Waals surface area contributed by atoms with E-state index in [1.807, 2.05) is 0 Å². The van der Waals surface area contributed by atoms with Crippen LogP contribution in [0, 0.1) is 17.6 Å². The van der Waals surface area contributed by atoms with E-state index in [9.17, 15) is 8.78 Å². The molecule has 164 valence electrons. The maximum Gasteiger partial charge on any atom is 0.132 e. The van der Waals surface area contributed by atoms with Gasteiger partial charge >= 0.3 is 0 Å². The average molecular weight is 420 g/mol. The fourth-order valence-corrected chi connectivity index (χ4v) is 5.76. The largest absolute Gasteiger partial charge is 0.377 e. The molecule has 1 aromatic carbocycles. The van der Waals surface area contributed by atoms with Gasteiger partial charge in [0.15, 0.2) is 0 Å².